The highest BCUT2D eigenvalue weighted by atomic mass is 16.4. The second kappa shape index (κ2) is 7.12. The number of hydrogen-bond acceptors (Lipinski definition) is 3. The third-order valence-corrected chi connectivity index (χ3v) is 3.18. The largest absolute Gasteiger partial charge is 0.481 e. The summed E-state index contributed by atoms with van der Waals surface area (Å²) in [6.07, 6.45) is -0.364. The number of carbonyl (C=O) groups is 3. The number of carbonyl (C=O) groups excluding carboxylic acids is 2. The number of amides is 3. The van der Waals surface area contributed by atoms with E-state index in [1.165, 1.54) is 4.90 Å². The molecule has 114 valence electrons. The minimum atomic E-state index is -1.09. The van der Waals surface area contributed by atoms with Crippen molar-refractivity contribution in [2.75, 3.05) is 26.2 Å². The lowest BCUT2D eigenvalue weighted by Gasteiger charge is -2.38. The van der Waals surface area contributed by atoms with Gasteiger partial charge in [0.2, 0.25) is 5.91 Å². The molecule has 1 fully saturated rings. The maximum absolute atomic E-state index is 12.5. The summed E-state index contributed by atoms with van der Waals surface area (Å²) in [5.41, 5.74) is 0. The summed E-state index contributed by atoms with van der Waals surface area (Å²) in [6, 6.07) is -1.18. The summed E-state index contributed by atoms with van der Waals surface area (Å²) >= 11 is 0. The third-order valence-electron chi connectivity index (χ3n) is 3.18. The zero-order valence-electron chi connectivity index (χ0n) is 12.3. The van der Waals surface area contributed by atoms with Crippen LogP contribution in [0.15, 0.2) is 0 Å². The number of carboxylic acid groups (broad SMARTS) is 1. The molecule has 7 nitrogen and oxygen atoms in total. The first kappa shape index (κ1) is 16.3. The van der Waals surface area contributed by atoms with Crippen LogP contribution in [0.1, 0.15) is 27.2 Å². The van der Waals surface area contributed by atoms with E-state index in [0.717, 1.165) is 0 Å². The standard InChI is InChI=1S/C13H23N3O4/c1-4-15(8-9(2)3)13(20)16-6-5-14-12(19)10(16)7-11(17)18/h9-10H,4-8H2,1-3H3,(H,14,19)(H,17,18). The average molecular weight is 285 g/mol. The number of rotatable bonds is 5. The number of nitrogens with one attached hydrogen (secondary N) is 1. The summed E-state index contributed by atoms with van der Waals surface area (Å²) < 4.78 is 0. The van der Waals surface area contributed by atoms with Crippen LogP contribution in [0.4, 0.5) is 4.79 Å². The number of carboxylic acids is 1. The molecule has 1 rings (SSSR count). The van der Waals surface area contributed by atoms with Gasteiger partial charge in [0.05, 0.1) is 6.42 Å². The Morgan fingerprint density at radius 1 is 1.50 bits per heavy atom. The molecule has 0 spiro atoms. The maximum atomic E-state index is 12.5. The van der Waals surface area contributed by atoms with E-state index in [-0.39, 0.29) is 12.5 Å². The normalized spacial score (nSPS) is 18.9. The van der Waals surface area contributed by atoms with Gasteiger partial charge in [0.1, 0.15) is 6.04 Å². The summed E-state index contributed by atoms with van der Waals surface area (Å²) in [4.78, 5) is 38.2. The molecule has 1 aliphatic rings. The van der Waals surface area contributed by atoms with Gasteiger partial charge in [-0.15, -0.1) is 0 Å². The van der Waals surface area contributed by atoms with Crippen molar-refractivity contribution < 1.29 is 19.5 Å². The molecule has 1 atom stereocenters. The van der Waals surface area contributed by atoms with Gasteiger partial charge in [-0.1, -0.05) is 13.8 Å². The van der Waals surface area contributed by atoms with Crippen LogP contribution in [0, 0.1) is 5.92 Å². The highest BCUT2D eigenvalue weighted by molar-refractivity contribution is 5.91. The Balaban J connectivity index is 2.85. The molecular weight excluding hydrogens is 262 g/mol. The molecular formula is C13H23N3O4. The molecule has 0 aromatic rings. The molecule has 2 N–H and O–H groups in total. The van der Waals surface area contributed by atoms with E-state index in [2.05, 4.69) is 5.32 Å². The molecule has 20 heavy (non-hydrogen) atoms. The fourth-order valence-electron chi connectivity index (χ4n) is 2.28. The van der Waals surface area contributed by atoms with Crippen LogP contribution in [0.25, 0.3) is 0 Å². The maximum Gasteiger partial charge on any atom is 0.320 e. The van der Waals surface area contributed by atoms with Gasteiger partial charge in [-0.2, -0.15) is 0 Å². The predicted octanol–water partition coefficient (Wildman–Crippen LogP) is 0.359. The fourth-order valence-corrected chi connectivity index (χ4v) is 2.28. The molecule has 0 aliphatic carbocycles. The van der Waals surface area contributed by atoms with Crippen LogP contribution in [-0.2, 0) is 9.59 Å². The fraction of sp³-hybridized carbons (Fsp3) is 0.769. The van der Waals surface area contributed by atoms with Crippen LogP contribution in [0.2, 0.25) is 0 Å². The molecule has 3 amide bonds. The SMILES string of the molecule is CCN(CC(C)C)C(=O)N1CCNC(=O)C1CC(=O)O. The van der Waals surface area contributed by atoms with E-state index in [0.29, 0.717) is 32.1 Å². The first-order valence-electron chi connectivity index (χ1n) is 6.91. The number of urea groups is 1. The van der Waals surface area contributed by atoms with E-state index < -0.39 is 17.9 Å². The van der Waals surface area contributed by atoms with Crippen molar-refractivity contribution in [1.29, 1.82) is 0 Å². The highest BCUT2D eigenvalue weighted by Gasteiger charge is 2.36. The molecule has 1 unspecified atom stereocenters. The number of nitrogens with zero attached hydrogens (tertiary/aromatic N) is 2. The van der Waals surface area contributed by atoms with Crippen LogP contribution < -0.4 is 5.32 Å². The summed E-state index contributed by atoms with van der Waals surface area (Å²) in [5, 5.41) is 11.5. The third kappa shape index (κ3) is 4.11. The van der Waals surface area contributed by atoms with Crippen molar-refractivity contribution >= 4 is 17.9 Å². The van der Waals surface area contributed by atoms with Crippen molar-refractivity contribution in [2.45, 2.75) is 33.2 Å². The van der Waals surface area contributed by atoms with E-state index in [9.17, 15) is 14.4 Å². The van der Waals surface area contributed by atoms with Gasteiger partial charge in [-0.25, -0.2) is 4.79 Å². The Kier molecular flexibility index (Phi) is 5.79. The Hall–Kier alpha value is -1.79. The molecule has 0 radical (unpaired) electrons. The molecule has 1 aliphatic heterocycles. The minimum Gasteiger partial charge on any atom is -0.481 e. The summed E-state index contributed by atoms with van der Waals surface area (Å²) in [5.74, 6) is -1.17. The van der Waals surface area contributed by atoms with E-state index in [1.807, 2.05) is 20.8 Å². The van der Waals surface area contributed by atoms with Crippen molar-refractivity contribution in [1.82, 2.24) is 15.1 Å². The zero-order chi connectivity index (χ0) is 15.3. The molecule has 0 aromatic carbocycles. The van der Waals surface area contributed by atoms with Gasteiger partial charge in [-0.3, -0.25) is 9.59 Å². The molecule has 1 saturated heterocycles. The van der Waals surface area contributed by atoms with Crippen LogP contribution >= 0.6 is 0 Å². The summed E-state index contributed by atoms with van der Waals surface area (Å²) in [6.45, 7) is 7.72. The van der Waals surface area contributed by atoms with Gasteiger partial charge in [0.25, 0.3) is 0 Å². The molecule has 0 saturated carbocycles. The number of hydrogen-bond donors (Lipinski definition) is 2. The van der Waals surface area contributed by atoms with Crippen molar-refractivity contribution in [3.63, 3.8) is 0 Å². The van der Waals surface area contributed by atoms with Gasteiger partial charge in [0, 0.05) is 26.2 Å². The molecule has 0 aromatic heterocycles. The van der Waals surface area contributed by atoms with Gasteiger partial charge >= 0.3 is 12.0 Å². The Bertz CT molecular complexity index is 384. The lowest BCUT2D eigenvalue weighted by Crippen LogP contribution is -2.60. The van der Waals surface area contributed by atoms with Crippen LogP contribution in [-0.4, -0.2) is 65.0 Å². The van der Waals surface area contributed by atoms with Gasteiger partial charge in [-0.05, 0) is 12.8 Å². The second-order valence-electron chi connectivity index (χ2n) is 5.31. The van der Waals surface area contributed by atoms with E-state index in [1.54, 1.807) is 4.90 Å². The molecule has 1 heterocycles. The van der Waals surface area contributed by atoms with E-state index >= 15 is 0 Å². The smallest absolute Gasteiger partial charge is 0.320 e. The van der Waals surface area contributed by atoms with Crippen LogP contribution in [0.3, 0.4) is 0 Å². The topological polar surface area (TPSA) is 90.0 Å². The van der Waals surface area contributed by atoms with Gasteiger partial charge in [0.15, 0.2) is 0 Å². The first-order chi connectivity index (χ1) is 9.36. The van der Waals surface area contributed by atoms with E-state index in [4.69, 9.17) is 5.11 Å². The number of piperazine rings is 1. The lowest BCUT2D eigenvalue weighted by molar-refractivity contribution is -0.142. The predicted molar refractivity (Wildman–Crippen MR) is 73.2 cm³/mol. The van der Waals surface area contributed by atoms with Crippen LogP contribution in [0.5, 0.6) is 0 Å². The molecule has 0 bridgehead atoms. The first-order valence-corrected chi connectivity index (χ1v) is 6.91. The highest BCUT2D eigenvalue weighted by Crippen LogP contribution is 2.13. The number of aliphatic carboxylic acids is 1. The quantitative estimate of drug-likeness (QED) is 0.763. The average Bonchev–Trinajstić information content (AvgIpc) is 2.37. The summed E-state index contributed by atoms with van der Waals surface area (Å²) in [7, 11) is 0. The monoisotopic (exact) mass is 285 g/mol. The second-order valence-corrected chi connectivity index (χ2v) is 5.31. The van der Waals surface area contributed by atoms with Crippen molar-refractivity contribution in [3.05, 3.63) is 0 Å². The zero-order valence-corrected chi connectivity index (χ0v) is 12.3. The Morgan fingerprint density at radius 2 is 2.15 bits per heavy atom. The Labute approximate surface area is 118 Å². The Morgan fingerprint density at radius 3 is 2.65 bits per heavy atom. The van der Waals surface area contributed by atoms with Crippen molar-refractivity contribution in [3.8, 4) is 0 Å². The van der Waals surface area contributed by atoms with Crippen molar-refractivity contribution in [2.24, 2.45) is 5.92 Å². The lowest BCUT2D eigenvalue weighted by atomic mass is 10.1. The minimum absolute atomic E-state index is 0.262. The molecule has 7 heteroatoms. The van der Waals surface area contributed by atoms with Gasteiger partial charge < -0.3 is 20.2 Å².